The van der Waals surface area contributed by atoms with Crippen LogP contribution in [0.25, 0.3) is 0 Å². The van der Waals surface area contributed by atoms with Crippen LogP contribution in [0.2, 0.25) is 0 Å². The highest BCUT2D eigenvalue weighted by atomic mass is 32.2. The molecule has 1 aromatic heterocycles. The summed E-state index contributed by atoms with van der Waals surface area (Å²) in [4.78, 5) is 4.39. The Balaban J connectivity index is 1.44. The Hall–Kier alpha value is -0.780. The quantitative estimate of drug-likeness (QED) is 0.630. The molecule has 140 valence electrons. The summed E-state index contributed by atoms with van der Waals surface area (Å²) >= 11 is 1.88. The summed E-state index contributed by atoms with van der Waals surface area (Å²) in [5.74, 6) is 4.55. The number of thioether (sulfide) groups is 1. The van der Waals surface area contributed by atoms with Crippen LogP contribution in [-0.4, -0.2) is 39.8 Å². The van der Waals surface area contributed by atoms with Gasteiger partial charge in [-0.2, -0.15) is 11.8 Å². The highest BCUT2D eigenvalue weighted by Crippen LogP contribution is 2.32. The van der Waals surface area contributed by atoms with Crippen LogP contribution >= 0.6 is 11.8 Å². The monoisotopic (exact) mass is 364 g/mol. The first-order valence-corrected chi connectivity index (χ1v) is 10.8. The molecular weight excluding hydrogens is 332 g/mol. The van der Waals surface area contributed by atoms with E-state index in [2.05, 4.69) is 4.98 Å². The largest absolute Gasteiger partial charge is 0.493 e. The highest BCUT2D eigenvalue weighted by Gasteiger charge is 2.30. The molecule has 2 fully saturated rings. The summed E-state index contributed by atoms with van der Waals surface area (Å²) in [6, 6.07) is 3.58. The Bertz CT molecular complexity index is 544. The Labute approximate surface area is 155 Å². The van der Waals surface area contributed by atoms with E-state index in [1.165, 1.54) is 37.9 Å². The van der Waals surface area contributed by atoms with Gasteiger partial charge in [0.1, 0.15) is 5.75 Å². The zero-order chi connectivity index (χ0) is 17.7. The van der Waals surface area contributed by atoms with E-state index < -0.39 is 5.60 Å². The normalized spacial score (nSPS) is 21.4. The summed E-state index contributed by atoms with van der Waals surface area (Å²) in [5.41, 5.74) is 6.16. The van der Waals surface area contributed by atoms with Crippen molar-refractivity contribution in [2.24, 2.45) is 17.6 Å². The molecule has 2 saturated carbocycles. The lowest BCUT2D eigenvalue weighted by Gasteiger charge is -2.31. The number of nitrogens with two attached hydrogens (primary N) is 1. The van der Waals surface area contributed by atoms with Crippen LogP contribution in [0.15, 0.2) is 18.3 Å². The zero-order valence-electron chi connectivity index (χ0n) is 15.3. The summed E-state index contributed by atoms with van der Waals surface area (Å²) in [6.45, 7) is 2.59. The van der Waals surface area contributed by atoms with E-state index in [1.807, 2.05) is 30.8 Å². The molecule has 0 amide bonds. The maximum atomic E-state index is 10.8. The second kappa shape index (κ2) is 8.74. The van der Waals surface area contributed by atoms with E-state index in [1.54, 1.807) is 6.20 Å². The Morgan fingerprint density at radius 3 is 2.84 bits per heavy atom. The third-order valence-corrected chi connectivity index (χ3v) is 6.80. The third kappa shape index (κ3) is 6.15. The first-order chi connectivity index (χ1) is 12.0. The smallest absolute Gasteiger partial charge is 0.122 e. The lowest BCUT2D eigenvalue weighted by atomic mass is 9.87. The van der Waals surface area contributed by atoms with Crippen molar-refractivity contribution in [3.8, 4) is 5.75 Å². The molecule has 0 saturated heterocycles. The van der Waals surface area contributed by atoms with E-state index in [4.69, 9.17) is 10.5 Å². The van der Waals surface area contributed by atoms with Crippen LogP contribution in [0.3, 0.4) is 0 Å². The zero-order valence-corrected chi connectivity index (χ0v) is 16.1. The second-order valence-electron chi connectivity index (χ2n) is 8.04. The molecule has 0 radical (unpaired) electrons. The minimum atomic E-state index is -0.952. The van der Waals surface area contributed by atoms with Crippen molar-refractivity contribution in [1.82, 2.24) is 4.98 Å². The van der Waals surface area contributed by atoms with Crippen LogP contribution < -0.4 is 10.5 Å². The van der Waals surface area contributed by atoms with Gasteiger partial charge in [0.2, 0.25) is 0 Å². The number of aliphatic hydroxyl groups is 1. The molecule has 3 rings (SSSR count). The fourth-order valence-electron chi connectivity index (χ4n) is 3.09. The fourth-order valence-corrected chi connectivity index (χ4v) is 4.51. The molecule has 5 heteroatoms. The second-order valence-corrected chi connectivity index (χ2v) is 9.11. The van der Waals surface area contributed by atoms with Gasteiger partial charge in [-0.15, -0.1) is 0 Å². The Kier molecular flexibility index (Phi) is 6.64. The molecule has 2 unspecified atom stereocenters. The Morgan fingerprint density at radius 2 is 2.16 bits per heavy atom. The molecule has 2 aliphatic carbocycles. The number of nitrogens with zero attached hydrogens (tertiary/aromatic N) is 1. The topological polar surface area (TPSA) is 68.4 Å². The summed E-state index contributed by atoms with van der Waals surface area (Å²) in [5, 5.41) is 10.8. The van der Waals surface area contributed by atoms with Crippen molar-refractivity contribution >= 4 is 11.8 Å². The molecule has 0 spiro atoms. The van der Waals surface area contributed by atoms with Crippen LogP contribution in [0.5, 0.6) is 5.75 Å². The van der Waals surface area contributed by atoms with Gasteiger partial charge in [-0.05, 0) is 49.8 Å². The predicted octanol–water partition coefficient (Wildman–Crippen LogP) is 3.41. The molecule has 1 aromatic rings. The highest BCUT2D eigenvalue weighted by molar-refractivity contribution is 7.99. The Morgan fingerprint density at radius 1 is 1.36 bits per heavy atom. The van der Waals surface area contributed by atoms with Crippen molar-refractivity contribution < 1.29 is 9.84 Å². The standard InChI is InChI=1S/C20H32N2O2S/c1-20(23,19(21)14-25-13-16-3-2-4-16)12-17-11-18(7-9-22-17)24-10-8-15-5-6-15/h7,9,11,15-16,19,23H,2-6,8,10,12-14,21H2,1H3. The van der Waals surface area contributed by atoms with E-state index in [-0.39, 0.29) is 6.04 Å². The summed E-state index contributed by atoms with van der Waals surface area (Å²) < 4.78 is 5.83. The van der Waals surface area contributed by atoms with E-state index in [0.717, 1.165) is 42.1 Å². The minimum Gasteiger partial charge on any atom is -0.493 e. The molecule has 1 heterocycles. The molecule has 2 atom stereocenters. The van der Waals surface area contributed by atoms with Gasteiger partial charge in [0, 0.05) is 36.2 Å². The van der Waals surface area contributed by atoms with Gasteiger partial charge in [0.05, 0.1) is 12.2 Å². The summed E-state index contributed by atoms with van der Waals surface area (Å²) in [6.07, 6.45) is 10.1. The molecule has 0 aromatic carbocycles. The molecule has 3 N–H and O–H groups in total. The third-order valence-electron chi connectivity index (χ3n) is 5.49. The van der Waals surface area contributed by atoms with Gasteiger partial charge >= 0.3 is 0 Å². The number of hydrogen-bond donors (Lipinski definition) is 2. The number of pyridine rings is 1. The van der Waals surface area contributed by atoms with Gasteiger partial charge in [-0.3, -0.25) is 4.98 Å². The van der Waals surface area contributed by atoms with Gasteiger partial charge in [0.25, 0.3) is 0 Å². The summed E-state index contributed by atoms with van der Waals surface area (Å²) in [7, 11) is 0. The van der Waals surface area contributed by atoms with E-state index in [0.29, 0.717) is 6.42 Å². The minimum absolute atomic E-state index is 0.251. The molecule has 2 aliphatic rings. The first-order valence-electron chi connectivity index (χ1n) is 9.66. The fraction of sp³-hybridized carbons (Fsp3) is 0.750. The first kappa shape index (κ1) is 19.0. The average Bonchev–Trinajstić information content (AvgIpc) is 3.33. The van der Waals surface area contributed by atoms with Crippen molar-refractivity contribution in [3.63, 3.8) is 0 Å². The SMILES string of the molecule is CC(O)(Cc1cc(OCCC2CC2)ccn1)C(N)CSCC1CCC1. The molecular formula is C20H32N2O2S. The van der Waals surface area contributed by atoms with Crippen molar-refractivity contribution in [2.45, 2.75) is 63.5 Å². The lowest BCUT2D eigenvalue weighted by Crippen LogP contribution is -2.49. The van der Waals surface area contributed by atoms with Gasteiger partial charge in [0.15, 0.2) is 0 Å². The number of hydrogen-bond acceptors (Lipinski definition) is 5. The lowest BCUT2D eigenvalue weighted by molar-refractivity contribution is 0.0394. The van der Waals surface area contributed by atoms with E-state index >= 15 is 0 Å². The number of aromatic nitrogens is 1. The van der Waals surface area contributed by atoms with Crippen molar-refractivity contribution in [3.05, 3.63) is 24.0 Å². The van der Waals surface area contributed by atoms with Gasteiger partial charge in [-0.1, -0.05) is 19.3 Å². The van der Waals surface area contributed by atoms with Crippen LogP contribution in [0.1, 0.15) is 51.1 Å². The maximum absolute atomic E-state index is 10.8. The van der Waals surface area contributed by atoms with Crippen molar-refractivity contribution in [1.29, 1.82) is 0 Å². The van der Waals surface area contributed by atoms with Gasteiger partial charge in [-0.25, -0.2) is 0 Å². The maximum Gasteiger partial charge on any atom is 0.122 e. The molecule has 25 heavy (non-hydrogen) atoms. The predicted molar refractivity (Wildman–Crippen MR) is 104 cm³/mol. The molecule has 0 aliphatic heterocycles. The van der Waals surface area contributed by atoms with Crippen LogP contribution in [0.4, 0.5) is 0 Å². The molecule has 0 bridgehead atoms. The number of ether oxygens (including phenoxy) is 1. The van der Waals surface area contributed by atoms with E-state index in [9.17, 15) is 5.11 Å². The van der Waals surface area contributed by atoms with Gasteiger partial charge < -0.3 is 15.6 Å². The van der Waals surface area contributed by atoms with Crippen LogP contribution in [-0.2, 0) is 6.42 Å². The van der Waals surface area contributed by atoms with Crippen LogP contribution in [0, 0.1) is 11.8 Å². The molecule has 4 nitrogen and oxygen atoms in total. The average molecular weight is 365 g/mol. The number of rotatable bonds is 11. The van der Waals surface area contributed by atoms with Crippen molar-refractivity contribution in [2.75, 3.05) is 18.1 Å².